The molecule has 0 saturated carbocycles. The smallest absolute Gasteiger partial charge is 0.335 e. The summed E-state index contributed by atoms with van der Waals surface area (Å²) in [6.45, 7) is 2.93. The maximum absolute atomic E-state index is 10.7. The lowest BCUT2D eigenvalue weighted by molar-refractivity contribution is 0.0697. The van der Waals surface area contributed by atoms with E-state index in [0.717, 1.165) is 24.9 Å². The first-order valence-electron chi connectivity index (χ1n) is 6.03. The SMILES string of the molecule is CCCCNC(=S)N/N=C\c1ccc(C(=O)O)cc1. The van der Waals surface area contributed by atoms with E-state index in [0.29, 0.717) is 5.11 Å². The van der Waals surface area contributed by atoms with Crippen LogP contribution in [0.3, 0.4) is 0 Å². The minimum atomic E-state index is -0.942. The predicted octanol–water partition coefficient (Wildman–Crippen LogP) is 1.98. The van der Waals surface area contributed by atoms with Crippen LogP contribution in [0.5, 0.6) is 0 Å². The van der Waals surface area contributed by atoms with Crippen LogP contribution in [0.1, 0.15) is 35.7 Å². The first kappa shape index (κ1) is 15.1. The summed E-state index contributed by atoms with van der Waals surface area (Å²) >= 11 is 5.02. The van der Waals surface area contributed by atoms with Crippen LogP contribution in [0.25, 0.3) is 0 Å². The van der Waals surface area contributed by atoms with Crippen molar-refractivity contribution in [2.24, 2.45) is 5.10 Å². The Morgan fingerprint density at radius 2 is 2.11 bits per heavy atom. The molecular formula is C13H17N3O2S. The van der Waals surface area contributed by atoms with Gasteiger partial charge in [0.05, 0.1) is 11.8 Å². The Labute approximate surface area is 117 Å². The third-order valence-electron chi connectivity index (χ3n) is 2.35. The lowest BCUT2D eigenvalue weighted by Crippen LogP contribution is -2.32. The number of nitrogens with one attached hydrogen (secondary N) is 2. The van der Waals surface area contributed by atoms with Crippen LogP contribution < -0.4 is 10.7 Å². The molecule has 5 nitrogen and oxygen atoms in total. The minimum Gasteiger partial charge on any atom is -0.478 e. The van der Waals surface area contributed by atoms with E-state index in [1.165, 1.54) is 12.1 Å². The Kier molecular flexibility index (Phi) is 6.52. The normalized spacial score (nSPS) is 10.4. The predicted molar refractivity (Wildman–Crippen MR) is 79.6 cm³/mol. The lowest BCUT2D eigenvalue weighted by Gasteiger charge is -2.05. The van der Waals surface area contributed by atoms with Crippen LogP contribution in [-0.4, -0.2) is 28.9 Å². The third kappa shape index (κ3) is 5.96. The van der Waals surface area contributed by atoms with E-state index >= 15 is 0 Å². The molecule has 0 aromatic heterocycles. The van der Waals surface area contributed by atoms with Gasteiger partial charge in [-0.3, -0.25) is 5.43 Å². The quantitative estimate of drug-likeness (QED) is 0.321. The number of carboxylic acids is 1. The van der Waals surface area contributed by atoms with E-state index in [1.54, 1.807) is 18.3 Å². The second kappa shape index (κ2) is 8.20. The first-order chi connectivity index (χ1) is 9.13. The van der Waals surface area contributed by atoms with Gasteiger partial charge in [0.2, 0.25) is 0 Å². The van der Waals surface area contributed by atoms with Crippen molar-refractivity contribution in [3.8, 4) is 0 Å². The molecule has 0 saturated heterocycles. The number of hydrogen-bond acceptors (Lipinski definition) is 3. The third-order valence-corrected chi connectivity index (χ3v) is 2.59. The second-order valence-electron chi connectivity index (χ2n) is 3.91. The van der Waals surface area contributed by atoms with E-state index < -0.39 is 5.97 Å². The van der Waals surface area contributed by atoms with Crippen molar-refractivity contribution in [1.29, 1.82) is 0 Å². The van der Waals surface area contributed by atoms with Crippen molar-refractivity contribution < 1.29 is 9.90 Å². The molecule has 0 spiro atoms. The highest BCUT2D eigenvalue weighted by atomic mass is 32.1. The van der Waals surface area contributed by atoms with Crippen molar-refractivity contribution >= 4 is 29.5 Å². The van der Waals surface area contributed by atoms with Crippen LogP contribution >= 0.6 is 12.2 Å². The molecule has 0 radical (unpaired) electrons. The van der Waals surface area contributed by atoms with E-state index in [-0.39, 0.29) is 5.56 Å². The van der Waals surface area contributed by atoms with Crippen LogP contribution in [0.15, 0.2) is 29.4 Å². The van der Waals surface area contributed by atoms with E-state index in [4.69, 9.17) is 17.3 Å². The zero-order valence-corrected chi connectivity index (χ0v) is 11.5. The number of carbonyl (C=O) groups is 1. The summed E-state index contributed by atoms with van der Waals surface area (Å²) < 4.78 is 0. The number of carboxylic acid groups (broad SMARTS) is 1. The fourth-order valence-corrected chi connectivity index (χ4v) is 1.45. The van der Waals surface area contributed by atoms with Gasteiger partial charge in [0, 0.05) is 6.54 Å². The van der Waals surface area contributed by atoms with Crippen molar-refractivity contribution in [2.75, 3.05) is 6.54 Å². The molecular weight excluding hydrogens is 262 g/mol. The molecule has 0 bridgehead atoms. The molecule has 102 valence electrons. The van der Waals surface area contributed by atoms with E-state index in [1.807, 2.05) is 0 Å². The summed E-state index contributed by atoms with van der Waals surface area (Å²) in [6, 6.07) is 6.42. The van der Waals surface area contributed by atoms with Crippen molar-refractivity contribution in [3.63, 3.8) is 0 Å². The maximum Gasteiger partial charge on any atom is 0.335 e. The second-order valence-corrected chi connectivity index (χ2v) is 4.31. The molecule has 1 aromatic rings. The van der Waals surface area contributed by atoms with Crippen LogP contribution in [-0.2, 0) is 0 Å². The first-order valence-corrected chi connectivity index (χ1v) is 6.44. The Balaban J connectivity index is 2.40. The van der Waals surface area contributed by atoms with Gasteiger partial charge in [-0.25, -0.2) is 4.79 Å². The van der Waals surface area contributed by atoms with E-state index in [2.05, 4.69) is 22.8 Å². The van der Waals surface area contributed by atoms with Gasteiger partial charge in [-0.2, -0.15) is 5.10 Å². The molecule has 0 heterocycles. The van der Waals surface area contributed by atoms with Gasteiger partial charge in [0.15, 0.2) is 5.11 Å². The molecule has 19 heavy (non-hydrogen) atoms. The zero-order chi connectivity index (χ0) is 14.1. The molecule has 1 aromatic carbocycles. The highest BCUT2D eigenvalue weighted by Crippen LogP contribution is 2.02. The average molecular weight is 279 g/mol. The van der Waals surface area contributed by atoms with Gasteiger partial charge in [-0.1, -0.05) is 25.5 Å². The van der Waals surface area contributed by atoms with Crippen molar-refractivity contribution in [2.45, 2.75) is 19.8 Å². The van der Waals surface area contributed by atoms with Crippen LogP contribution in [0.4, 0.5) is 0 Å². The van der Waals surface area contributed by atoms with Gasteiger partial charge in [0.1, 0.15) is 0 Å². The van der Waals surface area contributed by atoms with Gasteiger partial charge < -0.3 is 10.4 Å². The number of unbranched alkanes of at least 4 members (excludes halogenated alkanes) is 1. The Hall–Kier alpha value is -1.95. The molecule has 0 aliphatic carbocycles. The molecule has 0 unspecified atom stereocenters. The summed E-state index contributed by atoms with van der Waals surface area (Å²) in [6.07, 6.45) is 3.75. The number of hydrogen-bond donors (Lipinski definition) is 3. The number of nitrogens with zero attached hydrogens (tertiary/aromatic N) is 1. The number of hydrazone groups is 1. The largest absolute Gasteiger partial charge is 0.478 e. The number of thiocarbonyl (C=S) groups is 1. The maximum atomic E-state index is 10.7. The molecule has 0 aliphatic rings. The van der Waals surface area contributed by atoms with E-state index in [9.17, 15) is 4.79 Å². The van der Waals surface area contributed by atoms with Gasteiger partial charge in [0.25, 0.3) is 0 Å². The summed E-state index contributed by atoms with van der Waals surface area (Å²) in [4.78, 5) is 10.7. The van der Waals surface area contributed by atoms with Crippen molar-refractivity contribution in [3.05, 3.63) is 35.4 Å². The van der Waals surface area contributed by atoms with Crippen LogP contribution in [0.2, 0.25) is 0 Å². The lowest BCUT2D eigenvalue weighted by atomic mass is 10.1. The molecule has 0 amide bonds. The Morgan fingerprint density at radius 1 is 1.42 bits per heavy atom. The Bertz CT molecular complexity index is 457. The molecule has 1 rings (SSSR count). The monoisotopic (exact) mass is 279 g/mol. The molecule has 0 atom stereocenters. The summed E-state index contributed by atoms with van der Waals surface area (Å²) in [5.41, 5.74) is 3.75. The topological polar surface area (TPSA) is 73.7 Å². The highest BCUT2D eigenvalue weighted by Gasteiger charge is 2.00. The summed E-state index contributed by atoms with van der Waals surface area (Å²) in [5, 5.41) is 16.2. The molecule has 0 aliphatic heterocycles. The molecule has 0 fully saturated rings. The summed E-state index contributed by atoms with van der Waals surface area (Å²) in [5.74, 6) is -0.942. The van der Waals surface area contributed by atoms with Crippen LogP contribution in [0, 0.1) is 0 Å². The molecule has 6 heteroatoms. The minimum absolute atomic E-state index is 0.252. The Morgan fingerprint density at radius 3 is 2.68 bits per heavy atom. The highest BCUT2D eigenvalue weighted by molar-refractivity contribution is 7.80. The standard InChI is InChI=1S/C13H17N3O2S/c1-2-3-8-14-13(19)16-15-9-10-4-6-11(7-5-10)12(17)18/h4-7,9H,2-3,8H2,1H3,(H,17,18)(H2,14,16,19)/b15-9-. The van der Waals surface area contributed by atoms with Gasteiger partial charge in [-0.05, 0) is 36.3 Å². The van der Waals surface area contributed by atoms with Gasteiger partial charge >= 0.3 is 5.97 Å². The zero-order valence-electron chi connectivity index (χ0n) is 10.7. The van der Waals surface area contributed by atoms with Gasteiger partial charge in [-0.15, -0.1) is 0 Å². The number of aromatic carboxylic acids is 1. The summed E-state index contributed by atoms with van der Waals surface area (Å²) in [7, 11) is 0. The number of rotatable bonds is 6. The number of benzene rings is 1. The fraction of sp³-hybridized carbons (Fsp3) is 0.308. The molecule has 3 N–H and O–H groups in total. The average Bonchev–Trinajstić information content (AvgIpc) is 2.39. The fourth-order valence-electron chi connectivity index (χ4n) is 1.30. The van der Waals surface area contributed by atoms with Crippen molar-refractivity contribution in [1.82, 2.24) is 10.7 Å².